The van der Waals surface area contributed by atoms with Crippen LogP contribution in [0.25, 0.3) is 5.82 Å². The molecule has 0 aliphatic carbocycles. The number of nitrogens with one attached hydrogen (secondary N) is 1. The highest BCUT2D eigenvalue weighted by molar-refractivity contribution is 5.45. The minimum absolute atomic E-state index is 0.00789. The normalized spacial score (nSPS) is 12.4. The van der Waals surface area contributed by atoms with Crippen LogP contribution in [0.1, 0.15) is 25.5 Å². The first-order valence-electron chi connectivity index (χ1n) is 8.41. The van der Waals surface area contributed by atoms with Gasteiger partial charge in [-0.25, -0.2) is 22.8 Å². The molecular formula is C19H19F3N4O. The second-order valence-electron chi connectivity index (χ2n) is 6.18. The Morgan fingerprint density at radius 1 is 1.15 bits per heavy atom. The summed E-state index contributed by atoms with van der Waals surface area (Å²) in [6.07, 6.45) is 1.45. The molecule has 1 N–H and O–H groups in total. The molecule has 0 aliphatic heterocycles. The summed E-state index contributed by atoms with van der Waals surface area (Å²) in [5, 5.41) is 6.74. The van der Waals surface area contributed by atoms with Gasteiger partial charge in [0.25, 0.3) is 6.43 Å². The molecular weight excluding hydrogens is 357 g/mol. The fourth-order valence-electron chi connectivity index (χ4n) is 2.58. The summed E-state index contributed by atoms with van der Waals surface area (Å²) < 4.78 is 47.9. The standard InChI is InChI=1S/C19H19F3N4O/c1-12(2)27-15-6-3-5-13(9-15)17(18(21)22)25-14-10-24-26(11-14)19-16(20)7-4-8-23-19/h3-12,17-18,25H,1-2H3/t17-/m0/s1. The average molecular weight is 376 g/mol. The predicted octanol–water partition coefficient (Wildman–Crippen LogP) is 4.61. The summed E-state index contributed by atoms with van der Waals surface area (Å²) in [6, 6.07) is 7.99. The number of hydrogen-bond acceptors (Lipinski definition) is 4. The van der Waals surface area contributed by atoms with E-state index in [0.717, 1.165) is 0 Å². The number of benzene rings is 1. The third kappa shape index (κ3) is 4.58. The molecule has 5 nitrogen and oxygen atoms in total. The van der Waals surface area contributed by atoms with E-state index in [0.29, 0.717) is 17.0 Å². The Bertz CT molecular complexity index is 898. The lowest BCUT2D eigenvalue weighted by Gasteiger charge is -2.19. The molecule has 0 fully saturated rings. The lowest BCUT2D eigenvalue weighted by molar-refractivity contribution is 0.124. The van der Waals surface area contributed by atoms with Gasteiger partial charge >= 0.3 is 0 Å². The second-order valence-corrected chi connectivity index (χ2v) is 6.18. The van der Waals surface area contributed by atoms with Gasteiger partial charge in [0, 0.05) is 6.20 Å². The van der Waals surface area contributed by atoms with E-state index in [9.17, 15) is 13.2 Å². The summed E-state index contributed by atoms with van der Waals surface area (Å²) in [4.78, 5) is 3.91. The molecule has 2 aromatic heterocycles. The quantitative estimate of drug-likeness (QED) is 0.654. The molecule has 27 heavy (non-hydrogen) atoms. The molecule has 0 amide bonds. The highest BCUT2D eigenvalue weighted by Gasteiger charge is 2.23. The van der Waals surface area contributed by atoms with Gasteiger partial charge in [0.1, 0.15) is 11.8 Å². The van der Waals surface area contributed by atoms with Gasteiger partial charge in [0.2, 0.25) is 0 Å². The number of rotatable bonds is 7. The topological polar surface area (TPSA) is 52.0 Å². The zero-order valence-corrected chi connectivity index (χ0v) is 14.8. The first-order chi connectivity index (χ1) is 12.9. The molecule has 1 aromatic carbocycles. The second kappa shape index (κ2) is 8.11. The zero-order valence-electron chi connectivity index (χ0n) is 14.8. The fourth-order valence-corrected chi connectivity index (χ4v) is 2.58. The van der Waals surface area contributed by atoms with Crippen molar-refractivity contribution in [1.29, 1.82) is 0 Å². The molecule has 142 valence electrons. The van der Waals surface area contributed by atoms with E-state index in [4.69, 9.17) is 4.74 Å². The van der Waals surface area contributed by atoms with Crippen molar-refractivity contribution < 1.29 is 17.9 Å². The Morgan fingerprint density at radius 2 is 1.96 bits per heavy atom. The molecule has 0 saturated heterocycles. The molecule has 0 unspecified atom stereocenters. The van der Waals surface area contributed by atoms with Gasteiger partial charge in [-0.3, -0.25) is 0 Å². The lowest BCUT2D eigenvalue weighted by Crippen LogP contribution is -2.19. The molecule has 3 aromatic rings. The fraction of sp³-hybridized carbons (Fsp3) is 0.263. The molecule has 3 rings (SSSR count). The minimum Gasteiger partial charge on any atom is -0.491 e. The van der Waals surface area contributed by atoms with Gasteiger partial charge < -0.3 is 10.1 Å². The maximum atomic E-state index is 13.8. The van der Waals surface area contributed by atoms with Crippen molar-refractivity contribution in [1.82, 2.24) is 14.8 Å². The van der Waals surface area contributed by atoms with E-state index >= 15 is 0 Å². The zero-order chi connectivity index (χ0) is 19.4. The molecule has 8 heteroatoms. The van der Waals surface area contributed by atoms with E-state index in [-0.39, 0.29) is 11.9 Å². The Morgan fingerprint density at radius 3 is 2.67 bits per heavy atom. The number of halogens is 3. The number of aromatic nitrogens is 3. The van der Waals surface area contributed by atoms with Crippen LogP contribution in [-0.2, 0) is 0 Å². The molecule has 0 aliphatic rings. The summed E-state index contributed by atoms with van der Waals surface area (Å²) in [5.41, 5.74) is 0.695. The van der Waals surface area contributed by atoms with Crippen molar-refractivity contribution in [3.05, 3.63) is 66.4 Å². The summed E-state index contributed by atoms with van der Waals surface area (Å²) in [5.74, 6) is -0.0521. The molecule has 0 saturated carbocycles. The van der Waals surface area contributed by atoms with Gasteiger partial charge in [-0.05, 0) is 43.7 Å². The first-order valence-corrected chi connectivity index (χ1v) is 8.41. The highest BCUT2D eigenvalue weighted by Crippen LogP contribution is 2.28. The summed E-state index contributed by atoms with van der Waals surface area (Å²) in [7, 11) is 0. The molecule has 0 spiro atoms. The van der Waals surface area contributed by atoms with Crippen LogP contribution >= 0.6 is 0 Å². The van der Waals surface area contributed by atoms with Crippen molar-refractivity contribution in [2.24, 2.45) is 0 Å². The van der Waals surface area contributed by atoms with Crippen molar-refractivity contribution in [2.75, 3.05) is 5.32 Å². The van der Waals surface area contributed by atoms with Crippen LogP contribution in [0.3, 0.4) is 0 Å². The maximum Gasteiger partial charge on any atom is 0.262 e. The highest BCUT2D eigenvalue weighted by atomic mass is 19.3. The maximum absolute atomic E-state index is 13.8. The van der Waals surface area contributed by atoms with Crippen molar-refractivity contribution >= 4 is 5.69 Å². The van der Waals surface area contributed by atoms with Crippen molar-refractivity contribution in [3.8, 4) is 11.6 Å². The minimum atomic E-state index is -2.67. The van der Waals surface area contributed by atoms with Crippen LogP contribution in [0.2, 0.25) is 0 Å². The summed E-state index contributed by atoms with van der Waals surface area (Å²) in [6.45, 7) is 3.72. The molecule has 2 heterocycles. The number of anilines is 1. The van der Waals surface area contributed by atoms with E-state index in [1.807, 2.05) is 13.8 Å². The lowest BCUT2D eigenvalue weighted by atomic mass is 10.1. The van der Waals surface area contributed by atoms with Crippen LogP contribution < -0.4 is 10.1 Å². The Balaban J connectivity index is 1.83. The largest absolute Gasteiger partial charge is 0.491 e. The van der Waals surface area contributed by atoms with E-state index in [1.54, 1.807) is 24.3 Å². The van der Waals surface area contributed by atoms with Gasteiger partial charge in [0.15, 0.2) is 11.6 Å². The molecule has 1 atom stereocenters. The van der Waals surface area contributed by atoms with Crippen molar-refractivity contribution in [3.63, 3.8) is 0 Å². The van der Waals surface area contributed by atoms with E-state index in [2.05, 4.69) is 15.4 Å². The van der Waals surface area contributed by atoms with Gasteiger partial charge in [-0.1, -0.05) is 12.1 Å². The van der Waals surface area contributed by atoms with Gasteiger partial charge in [-0.2, -0.15) is 5.10 Å². The number of nitrogens with zero attached hydrogens (tertiary/aromatic N) is 3. The number of ether oxygens (including phenoxy) is 1. The monoisotopic (exact) mass is 376 g/mol. The number of hydrogen-bond donors (Lipinski definition) is 1. The number of alkyl halides is 2. The van der Waals surface area contributed by atoms with E-state index in [1.165, 1.54) is 35.4 Å². The number of pyridine rings is 1. The van der Waals surface area contributed by atoms with Gasteiger partial charge in [0.05, 0.1) is 24.2 Å². The third-order valence-corrected chi connectivity index (χ3v) is 3.70. The van der Waals surface area contributed by atoms with Crippen molar-refractivity contribution in [2.45, 2.75) is 32.4 Å². The predicted molar refractivity (Wildman–Crippen MR) is 95.9 cm³/mol. The molecule has 0 radical (unpaired) electrons. The van der Waals surface area contributed by atoms with Crippen LogP contribution in [0.15, 0.2) is 55.0 Å². The average Bonchev–Trinajstić information content (AvgIpc) is 3.08. The summed E-state index contributed by atoms with van der Waals surface area (Å²) >= 11 is 0. The van der Waals surface area contributed by atoms with E-state index < -0.39 is 18.3 Å². The van der Waals surface area contributed by atoms with Crippen LogP contribution in [0, 0.1) is 5.82 Å². The van der Waals surface area contributed by atoms with Crippen LogP contribution in [0.4, 0.5) is 18.9 Å². The molecule has 0 bridgehead atoms. The van der Waals surface area contributed by atoms with Crippen LogP contribution in [0.5, 0.6) is 5.75 Å². The van der Waals surface area contributed by atoms with Crippen LogP contribution in [-0.4, -0.2) is 27.3 Å². The first kappa shape index (κ1) is 18.8. The third-order valence-electron chi connectivity index (χ3n) is 3.70. The smallest absolute Gasteiger partial charge is 0.262 e. The Kier molecular flexibility index (Phi) is 5.63. The SMILES string of the molecule is CC(C)Oc1cccc([C@H](Nc2cnn(-c3ncccc3F)c2)C(F)F)c1. The van der Waals surface area contributed by atoms with Gasteiger partial charge in [-0.15, -0.1) is 0 Å². The Hall–Kier alpha value is -3.03. The Labute approximate surface area is 154 Å².